The molecule has 50 heavy (non-hydrogen) atoms. The van der Waals surface area contributed by atoms with Crippen molar-refractivity contribution < 1.29 is 0 Å². The third kappa shape index (κ3) is 5.39. The summed E-state index contributed by atoms with van der Waals surface area (Å²) in [6.45, 7) is 0. The van der Waals surface area contributed by atoms with Gasteiger partial charge in [-0.05, 0) is 90.3 Å². The Hall–Kier alpha value is -6.78. The lowest BCUT2D eigenvalue weighted by Crippen LogP contribution is -1.93. The van der Waals surface area contributed by atoms with Crippen molar-refractivity contribution in [2.45, 2.75) is 0 Å². The van der Waals surface area contributed by atoms with Crippen molar-refractivity contribution >= 4 is 21.5 Å². The summed E-state index contributed by atoms with van der Waals surface area (Å²) in [6.07, 6.45) is 7.11. The number of benzene rings is 7. The first-order valence-corrected chi connectivity index (χ1v) is 16.7. The van der Waals surface area contributed by atoms with Crippen molar-refractivity contribution in [2.75, 3.05) is 0 Å². The minimum absolute atomic E-state index is 0.725. The zero-order chi connectivity index (χ0) is 33.3. The highest BCUT2D eigenvalue weighted by Crippen LogP contribution is 2.46. The van der Waals surface area contributed by atoms with Crippen LogP contribution in [0.15, 0.2) is 183 Å². The molecule has 0 saturated carbocycles. The summed E-state index contributed by atoms with van der Waals surface area (Å²) in [5.74, 6) is 1.45. The van der Waals surface area contributed by atoms with Gasteiger partial charge in [0.05, 0.1) is 0 Å². The fraction of sp³-hybridized carbons (Fsp3) is 0. The average Bonchev–Trinajstić information content (AvgIpc) is 3.21. The number of rotatable bonds is 6. The summed E-state index contributed by atoms with van der Waals surface area (Å²) in [6, 6.07) is 56.1. The van der Waals surface area contributed by atoms with Crippen LogP contribution in [0.3, 0.4) is 0 Å². The van der Waals surface area contributed by atoms with Gasteiger partial charge in [-0.2, -0.15) is 0 Å². The predicted octanol–water partition coefficient (Wildman–Crippen LogP) is 11.6. The van der Waals surface area contributed by atoms with Crippen LogP contribution < -0.4 is 0 Å². The van der Waals surface area contributed by atoms with Crippen LogP contribution in [0, 0.1) is 0 Å². The van der Waals surface area contributed by atoms with Crippen molar-refractivity contribution in [1.29, 1.82) is 0 Å². The predicted molar refractivity (Wildman–Crippen MR) is 205 cm³/mol. The maximum absolute atomic E-state index is 4.43. The zero-order valence-electron chi connectivity index (χ0n) is 27.1. The normalized spacial score (nSPS) is 11.2. The molecular weight excluding hydrogens is 609 g/mol. The molecule has 0 aliphatic rings. The quantitative estimate of drug-likeness (QED) is 0.170. The van der Waals surface area contributed by atoms with Gasteiger partial charge in [-0.1, -0.05) is 133 Å². The molecule has 4 nitrogen and oxygen atoms in total. The third-order valence-electron chi connectivity index (χ3n) is 9.33. The first kappa shape index (κ1) is 29.4. The monoisotopic (exact) mass is 638 g/mol. The van der Waals surface area contributed by atoms with E-state index >= 15 is 0 Å². The molecule has 0 atom stereocenters. The molecule has 0 spiro atoms. The second kappa shape index (κ2) is 12.7. The molecule has 9 aromatic rings. The van der Waals surface area contributed by atoms with E-state index in [1.165, 1.54) is 43.8 Å². The average molecular weight is 639 g/mol. The van der Waals surface area contributed by atoms with Crippen LogP contribution in [-0.4, -0.2) is 19.9 Å². The van der Waals surface area contributed by atoms with Gasteiger partial charge in [0.1, 0.15) is 0 Å². The van der Waals surface area contributed by atoms with Gasteiger partial charge in [0.25, 0.3) is 0 Å². The van der Waals surface area contributed by atoms with E-state index < -0.39 is 0 Å². The molecule has 2 heterocycles. The van der Waals surface area contributed by atoms with E-state index in [-0.39, 0.29) is 0 Å². The highest BCUT2D eigenvalue weighted by atomic mass is 14.9. The Kier molecular flexibility index (Phi) is 7.45. The van der Waals surface area contributed by atoms with Gasteiger partial charge in [-0.25, -0.2) is 19.9 Å². The summed E-state index contributed by atoms with van der Waals surface area (Å²) in [4.78, 5) is 17.7. The largest absolute Gasteiger partial charge is 0.237 e. The van der Waals surface area contributed by atoms with Crippen LogP contribution in [0.5, 0.6) is 0 Å². The Bertz CT molecular complexity index is 2400. The lowest BCUT2D eigenvalue weighted by Gasteiger charge is -2.19. The Labute approximate surface area is 290 Å². The molecule has 0 fully saturated rings. The van der Waals surface area contributed by atoms with E-state index in [2.05, 4.69) is 166 Å². The molecule has 0 aliphatic heterocycles. The van der Waals surface area contributed by atoms with E-state index in [9.17, 15) is 0 Å². The van der Waals surface area contributed by atoms with Gasteiger partial charge in [0.15, 0.2) is 11.6 Å². The first-order valence-electron chi connectivity index (χ1n) is 16.7. The summed E-state index contributed by atoms with van der Waals surface area (Å²) in [7, 11) is 0. The molecule has 0 bridgehead atoms. The Morgan fingerprint density at radius 1 is 0.240 bits per heavy atom. The molecule has 0 N–H and O–H groups in total. The number of hydrogen-bond acceptors (Lipinski definition) is 4. The molecule has 0 amide bonds. The standard InChI is InChI=1S/C46H30N4/c1-3-9-33(10-4-1)43-39-23-21-38(32-15-19-36(20-16-32)46-49-27-8-28-50-46)30-42(39)44(34-11-5-2-6-12-34)40-24-22-37(29-41(40)43)31-13-17-35(18-14-31)45-47-25-7-26-48-45/h1-30H. The molecule has 0 aliphatic carbocycles. The van der Waals surface area contributed by atoms with Crippen molar-refractivity contribution in [3.63, 3.8) is 0 Å². The molecule has 0 unspecified atom stereocenters. The van der Waals surface area contributed by atoms with Crippen molar-refractivity contribution in [3.05, 3.63) is 183 Å². The van der Waals surface area contributed by atoms with Crippen molar-refractivity contribution in [1.82, 2.24) is 19.9 Å². The van der Waals surface area contributed by atoms with Crippen LogP contribution >= 0.6 is 0 Å². The summed E-state index contributed by atoms with van der Waals surface area (Å²) in [5, 5.41) is 4.87. The lowest BCUT2D eigenvalue weighted by molar-refractivity contribution is 1.18. The summed E-state index contributed by atoms with van der Waals surface area (Å²) < 4.78 is 0. The molecule has 7 aromatic carbocycles. The molecule has 234 valence electrons. The highest BCUT2D eigenvalue weighted by Gasteiger charge is 2.18. The molecule has 9 rings (SSSR count). The van der Waals surface area contributed by atoms with Crippen LogP contribution in [0.1, 0.15) is 0 Å². The number of nitrogens with zero attached hydrogens (tertiary/aromatic N) is 4. The number of fused-ring (bicyclic) bond motifs is 2. The van der Waals surface area contributed by atoms with Gasteiger partial charge >= 0.3 is 0 Å². The molecule has 4 heteroatoms. The van der Waals surface area contributed by atoms with E-state index in [0.29, 0.717) is 0 Å². The van der Waals surface area contributed by atoms with Crippen LogP contribution in [-0.2, 0) is 0 Å². The Balaban J connectivity index is 1.26. The summed E-state index contributed by atoms with van der Waals surface area (Å²) in [5.41, 5.74) is 11.4. The van der Waals surface area contributed by atoms with E-state index in [1.807, 2.05) is 12.1 Å². The fourth-order valence-electron chi connectivity index (χ4n) is 6.94. The van der Waals surface area contributed by atoms with Gasteiger partial charge in [-0.15, -0.1) is 0 Å². The second-order valence-corrected chi connectivity index (χ2v) is 12.3. The van der Waals surface area contributed by atoms with Crippen LogP contribution in [0.2, 0.25) is 0 Å². The maximum Gasteiger partial charge on any atom is 0.159 e. The van der Waals surface area contributed by atoms with E-state index in [4.69, 9.17) is 0 Å². The Morgan fingerprint density at radius 3 is 0.960 bits per heavy atom. The summed E-state index contributed by atoms with van der Waals surface area (Å²) >= 11 is 0. The number of aromatic nitrogens is 4. The second-order valence-electron chi connectivity index (χ2n) is 12.3. The first-order chi connectivity index (χ1) is 24.8. The molecule has 0 saturated heterocycles. The fourth-order valence-corrected chi connectivity index (χ4v) is 6.94. The smallest absolute Gasteiger partial charge is 0.159 e. The minimum atomic E-state index is 0.725. The van der Waals surface area contributed by atoms with Crippen LogP contribution in [0.25, 0.3) is 88.8 Å². The minimum Gasteiger partial charge on any atom is -0.237 e. The molecule has 2 aromatic heterocycles. The third-order valence-corrected chi connectivity index (χ3v) is 9.33. The Morgan fingerprint density at radius 2 is 0.580 bits per heavy atom. The maximum atomic E-state index is 4.43. The van der Waals surface area contributed by atoms with Crippen molar-refractivity contribution in [3.8, 4) is 67.3 Å². The number of hydrogen-bond donors (Lipinski definition) is 0. The molecular formula is C46H30N4. The highest BCUT2D eigenvalue weighted by molar-refractivity contribution is 6.22. The SMILES string of the molecule is c1ccc(-c2c3ccc(-c4ccc(-c5ncccn5)cc4)cc3c(-c3ccccc3)c3ccc(-c4ccc(-c5ncccn5)cc4)cc23)cc1. The zero-order valence-corrected chi connectivity index (χ0v) is 27.1. The topological polar surface area (TPSA) is 51.6 Å². The van der Waals surface area contributed by atoms with Gasteiger partial charge in [0.2, 0.25) is 0 Å². The van der Waals surface area contributed by atoms with E-state index in [1.54, 1.807) is 24.8 Å². The molecule has 0 radical (unpaired) electrons. The van der Waals surface area contributed by atoms with Gasteiger partial charge in [0, 0.05) is 35.9 Å². The van der Waals surface area contributed by atoms with Crippen LogP contribution in [0.4, 0.5) is 0 Å². The van der Waals surface area contributed by atoms with Gasteiger partial charge in [-0.3, -0.25) is 0 Å². The van der Waals surface area contributed by atoms with E-state index in [0.717, 1.165) is 45.0 Å². The van der Waals surface area contributed by atoms with Gasteiger partial charge < -0.3 is 0 Å². The van der Waals surface area contributed by atoms with Crippen molar-refractivity contribution in [2.24, 2.45) is 0 Å². The lowest BCUT2D eigenvalue weighted by atomic mass is 9.84.